The summed E-state index contributed by atoms with van der Waals surface area (Å²) in [6.45, 7) is 1.92. The molecule has 0 unspecified atom stereocenters. The molecule has 1 heterocycles. The SMILES string of the molecule is CCc1c(C(=O)[O-])ccc[n+]1C. The van der Waals surface area contributed by atoms with E-state index < -0.39 is 5.97 Å². The first-order valence-electron chi connectivity index (χ1n) is 3.85. The van der Waals surface area contributed by atoms with Crippen LogP contribution in [0.15, 0.2) is 18.3 Å². The first kappa shape index (κ1) is 8.71. The second-order valence-corrected chi connectivity index (χ2v) is 2.62. The number of hydrogen-bond acceptors (Lipinski definition) is 2. The molecule has 1 aromatic rings. The normalized spacial score (nSPS) is 9.83. The van der Waals surface area contributed by atoms with Crippen molar-refractivity contribution in [1.82, 2.24) is 0 Å². The molecule has 1 rings (SSSR count). The Labute approximate surface area is 71.3 Å². The highest BCUT2D eigenvalue weighted by molar-refractivity contribution is 5.86. The van der Waals surface area contributed by atoms with E-state index in [2.05, 4.69) is 0 Å². The monoisotopic (exact) mass is 165 g/mol. The predicted octanol–water partition coefficient (Wildman–Crippen LogP) is -0.563. The van der Waals surface area contributed by atoms with Crippen LogP contribution >= 0.6 is 0 Å². The minimum atomic E-state index is -1.11. The number of carbonyl (C=O) groups excluding carboxylic acids is 1. The topological polar surface area (TPSA) is 44.0 Å². The summed E-state index contributed by atoms with van der Waals surface area (Å²) in [6, 6.07) is 3.26. The number of aryl methyl sites for hydroxylation is 1. The van der Waals surface area contributed by atoms with E-state index in [1.54, 1.807) is 16.7 Å². The maximum Gasteiger partial charge on any atom is 0.189 e. The van der Waals surface area contributed by atoms with Crippen LogP contribution in [-0.4, -0.2) is 5.97 Å². The third-order valence-electron chi connectivity index (χ3n) is 1.86. The van der Waals surface area contributed by atoms with Gasteiger partial charge in [0.1, 0.15) is 7.05 Å². The minimum absolute atomic E-state index is 0.280. The van der Waals surface area contributed by atoms with E-state index in [-0.39, 0.29) is 5.56 Å². The van der Waals surface area contributed by atoms with E-state index >= 15 is 0 Å². The number of aromatic carboxylic acids is 1. The molecule has 0 aliphatic heterocycles. The Bertz CT molecular complexity index is 307. The van der Waals surface area contributed by atoms with Crippen molar-refractivity contribution in [3.05, 3.63) is 29.6 Å². The molecule has 0 aromatic carbocycles. The van der Waals surface area contributed by atoms with Crippen LogP contribution in [0.1, 0.15) is 23.0 Å². The molecule has 0 saturated carbocycles. The predicted molar refractivity (Wildman–Crippen MR) is 41.3 cm³/mol. The van der Waals surface area contributed by atoms with E-state index in [0.717, 1.165) is 5.69 Å². The maximum absolute atomic E-state index is 10.6. The Hall–Kier alpha value is -1.38. The summed E-state index contributed by atoms with van der Waals surface area (Å²) in [7, 11) is 1.82. The summed E-state index contributed by atoms with van der Waals surface area (Å²) in [6.07, 6.45) is 2.52. The molecule has 1 aromatic heterocycles. The van der Waals surface area contributed by atoms with Gasteiger partial charge in [-0.25, -0.2) is 4.57 Å². The van der Waals surface area contributed by atoms with Crippen molar-refractivity contribution in [3.63, 3.8) is 0 Å². The smallest absolute Gasteiger partial charge is 0.189 e. The fraction of sp³-hybridized carbons (Fsp3) is 0.333. The fourth-order valence-corrected chi connectivity index (χ4v) is 1.27. The van der Waals surface area contributed by atoms with Gasteiger partial charge in [-0.05, 0) is 6.07 Å². The number of nitrogens with zero attached hydrogens (tertiary/aromatic N) is 1. The van der Waals surface area contributed by atoms with Gasteiger partial charge in [0.25, 0.3) is 0 Å². The van der Waals surface area contributed by atoms with Crippen LogP contribution in [-0.2, 0) is 13.5 Å². The summed E-state index contributed by atoms with van der Waals surface area (Å²) in [5, 5.41) is 10.6. The minimum Gasteiger partial charge on any atom is -0.545 e. The number of rotatable bonds is 2. The lowest BCUT2D eigenvalue weighted by molar-refractivity contribution is -0.679. The van der Waals surface area contributed by atoms with Crippen molar-refractivity contribution >= 4 is 5.97 Å². The molecule has 0 fully saturated rings. The van der Waals surface area contributed by atoms with Crippen LogP contribution in [0.3, 0.4) is 0 Å². The van der Waals surface area contributed by atoms with Gasteiger partial charge in [0.15, 0.2) is 11.9 Å². The second-order valence-electron chi connectivity index (χ2n) is 2.62. The standard InChI is InChI=1S/C9H11NO2/c1-3-8-7(9(11)12)5-4-6-10(8)2/h4-6H,3H2,1-2H3. The molecule has 64 valence electrons. The van der Waals surface area contributed by atoms with Crippen molar-refractivity contribution in [2.75, 3.05) is 0 Å². The molecule has 0 N–H and O–H groups in total. The van der Waals surface area contributed by atoms with Crippen LogP contribution in [0.4, 0.5) is 0 Å². The summed E-state index contributed by atoms with van der Waals surface area (Å²) in [5.41, 5.74) is 1.07. The van der Waals surface area contributed by atoms with E-state index in [9.17, 15) is 9.90 Å². The molecule has 0 spiro atoms. The molecule has 0 amide bonds. The van der Waals surface area contributed by atoms with Crippen LogP contribution in [0.2, 0.25) is 0 Å². The van der Waals surface area contributed by atoms with Gasteiger partial charge in [0.2, 0.25) is 0 Å². The molecule has 0 atom stereocenters. The van der Waals surface area contributed by atoms with Gasteiger partial charge >= 0.3 is 0 Å². The van der Waals surface area contributed by atoms with Crippen LogP contribution in [0.5, 0.6) is 0 Å². The number of hydrogen-bond donors (Lipinski definition) is 0. The van der Waals surface area contributed by atoms with Gasteiger partial charge in [0.05, 0.1) is 11.5 Å². The van der Waals surface area contributed by atoms with Crippen molar-refractivity contribution < 1.29 is 14.5 Å². The fourth-order valence-electron chi connectivity index (χ4n) is 1.27. The quantitative estimate of drug-likeness (QED) is 0.551. The van der Waals surface area contributed by atoms with Crippen molar-refractivity contribution in [2.24, 2.45) is 7.05 Å². The largest absolute Gasteiger partial charge is 0.545 e. The van der Waals surface area contributed by atoms with E-state index in [0.29, 0.717) is 6.42 Å². The summed E-state index contributed by atoms with van der Waals surface area (Å²) < 4.78 is 1.80. The lowest BCUT2D eigenvalue weighted by atomic mass is 10.1. The lowest BCUT2D eigenvalue weighted by Gasteiger charge is -2.04. The number of pyridine rings is 1. The number of aromatic nitrogens is 1. The average Bonchev–Trinajstić information content (AvgIpc) is 2.03. The van der Waals surface area contributed by atoms with Crippen molar-refractivity contribution in [1.29, 1.82) is 0 Å². The van der Waals surface area contributed by atoms with E-state index in [1.807, 2.05) is 20.2 Å². The van der Waals surface area contributed by atoms with Gasteiger partial charge in [-0.3, -0.25) is 0 Å². The first-order valence-corrected chi connectivity index (χ1v) is 3.85. The lowest BCUT2D eigenvalue weighted by Crippen LogP contribution is -2.37. The molecule has 12 heavy (non-hydrogen) atoms. The van der Waals surface area contributed by atoms with Crippen LogP contribution in [0, 0.1) is 0 Å². The van der Waals surface area contributed by atoms with E-state index in [1.165, 1.54) is 0 Å². The first-order chi connectivity index (χ1) is 5.66. The van der Waals surface area contributed by atoms with Gasteiger partial charge in [0, 0.05) is 12.5 Å². The number of carboxylic acids is 1. The molecule has 0 radical (unpaired) electrons. The Morgan fingerprint density at radius 1 is 1.67 bits per heavy atom. The third-order valence-corrected chi connectivity index (χ3v) is 1.86. The zero-order chi connectivity index (χ0) is 9.14. The van der Waals surface area contributed by atoms with Crippen LogP contribution in [0.25, 0.3) is 0 Å². The van der Waals surface area contributed by atoms with Crippen molar-refractivity contribution in [2.45, 2.75) is 13.3 Å². The van der Waals surface area contributed by atoms with Crippen LogP contribution < -0.4 is 9.67 Å². The highest BCUT2D eigenvalue weighted by Crippen LogP contribution is 2.01. The summed E-state index contributed by atoms with van der Waals surface area (Å²) in [4.78, 5) is 10.6. The highest BCUT2D eigenvalue weighted by Gasteiger charge is 2.10. The Morgan fingerprint density at radius 2 is 2.33 bits per heavy atom. The summed E-state index contributed by atoms with van der Waals surface area (Å²) in [5.74, 6) is -1.11. The Balaban J connectivity index is 3.27. The number of carbonyl (C=O) groups is 1. The molecule has 3 nitrogen and oxygen atoms in total. The zero-order valence-electron chi connectivity index (χ0n) is 7.20. The molecule has 0 saturated heterocycles. The van der Waals surface area contributed by atoms with Gasteiger partial charge < -0.3 is 9.90 Å². The zero-order valence-corrected chi connectivity index (χ0v) is 7.20. The molecular formula is C9H11NO2. The molecule has 0 aliphatic rings. The molecule has 0 bridgehead atoms. The maximum atomic E-state index is 10.6. The summed E-state index contributed by atoms with van der Waals surface area (Å²) >= 11 is 0. The van der Waals surface area contributed by atoms with Crippen molar-refractivity contribution in [3.8, 4) is 0 Å². The molecule has 0 aliphatic carbocycles. The Morgan fingerprint density at radius 3 is 2.75 bits per heavy atom. The average molecular weight is 165 g/mol. The Kier molecular flexibility index (Phi) is 2.43. The van der Waals surface area contributed by atoms with Gasteiger partial charge in [-0.2, -0.15) is 0 Å². The molecular weight excluding hydrogens is 154 g/mol. The van der Waals surface area contributed by atoms with Gasteiger partial charge in [-0.15, -0.1) is 0 Å². The molecule has 3 heteroatoms. The number of carboxylic acid groups (broad SMARTS) is 1. The van der Waals surface area contributed by atoms with E-state index in [4.69, 9.17) is 0 Å². The second kappa shape index (κ2) is 3.34. The third kappa shape index (κ3) is 1.44. The van der Waals surface area contributed by atoms with Gasteiger partial charge in [-0.1, -0.05) is 6.92 Å². The highest BCUT2D eigenvalue weighted by atomic mass is 16.4.